The van der Waals surface area contributed by atoms with Crippen LogP contribution < -0.4 is 20.3 Å². The van der Waals surface area contributed by atoms with E-state index in [1.54, 1.807) is 35.2 Å². The first-order chi connectivity index (χ1) is 15.5. The van der Waals surface area contributed by atoms with E-state index in [0.29, 0.717) is 29.8 Å². The summed E-state index contributed by atoms with van der Waals surface area (Å²) in [6.07, 6.45) is 3.22. The zero-order chi connectivity index (χ0) is 22.5. The van der Waals surface area contributed by atoms with E-state index in [4.69, 9.17) is 9.47 Å². The summed E-state index contributed by atoms with van der Waals surface area (Å²) >= 11 is 0. The van der Waals surface area contributed by atoms with Crippen molar-refractivity contribution in [3.05, 3.63) is 100 Å². The molecule has 162 valence electrons. The van der Waals surface area contributed by atoms with E-state index in [1.807, 2.05) is 37.3 Å². The maximum absolute atomic E-state index is 13.3. The van der Waals surface area contributed by atoms with Crippen LogP contribution in [-0.4, -0.2) is 21.6 Å². The van der Waals surface area contributed by atoms with Gasteiger partial charge in [0.1, 0.15) is 11.6 Å². The summed E-state index contributed by atoms with van der Waals surface area (Å²) in [5.41, 5.74) is 1.98. The Balaban J connectivity index is 1.67. The van der Waals surface area contributed by atoms with E-state index in [9.17, 15) is 9.18 Å². The van der Waals surface area contributed by atoms with E-state index < -0.39 is 5.56 Å². The van der Waals surface area contributed by atoms with Crippen molar-refractivity contribution in [1.29, 1.82) is 0 Å². The van der Waals surface area contributed by atoms with Crippen LogP contribution in [0.3, 0.4) is 0 Å². The number of hydrogen-bond acceptors (Lipinski definition) is 6. The molecule has 0 atom stereocenters. The zero-order valence-electron chi connectivity index (χ0n) is 17.6. The Bertz CT molecular complexity index is 1270. The van der Waals surface area contributed by atoms with Crippen molar-refractivity contribution in [1.82, 2.24) is 14.5 Å². The topological polar surface area (TPSA) is 78.3 Å². The number of halogens is 1. The van der Waals surface area contributed by atoms with Crippen molar-refractivity contribution in [2.75, 3.05) is 12.4 Å². The lowest BCUT2D eigenvalue weighted by atomic mass is 10.2. The molecule has 0 aliphatic carbocycles. The van der Waals surface area contributed by atoms with E-state index in [-0.39, 0.29) is 11.6 Å². The highest BCUT2D eigenvalue weighted by atomic mass is 19.1. The first-order valence-electron chi connectivity index (χ1n) is 9.88. The van der Waals surface area contributed by atoms with Crippen molar-refractivity contribution < 1.29 is 13.9 Å². The summed E-state index contributed by atoms with van der Waals surface area (Å²) in [4.78, 5) is 20.7. The molecule has 0 aliphatic heterocycles. The van der Waals surface area contributed by atoms with Crippen LogP contribution in [0.25, 0.3) is 0 Å². The molecular weight excluding hydrogens is 411 g/mol. The SMILES string of the molecule is COc1cn(Cc2ccc(F)cc2)c(Nc2cc(Oc3ccccn3)ccc2C)nc1=O. The van der Waals surface area contributed by atoms with Gasteiger partial charge >= 0.3 is 5.56 Å². The molecule has 0 spiro atoms. The van der Waals surface area contributed by atoms with Crippen LogP contribution in [0.15, 0.2) is 77.9 Å². The van der Waals surface area contributed by atoms with Gasteiger partial charge in [-0.05, 0) is 42.3 Å². The molecule has 2 heterocycles. The Morgan fingerprint density at radius 1 is 1.09 bits per heavy atom. The first kappa shape index (κ1) is 21.0. The minimum Gasteiger partial charge on any atom is -0.490 e. The van der Waals surface area contributed by atoms with Gasteiger partial charge in [-0.1, -0.05) is 24.3 Å². The van der Waals surface area contributed by atoms with Crippen molar-refractivity contribution in [3.8, 4) is 17.4 Å². The number of hydrogen-bond donors (Lipinski definition) is 1. The number of nitrogens with one attached hydrogen (secondary N) is 1. The van der Waals surface area contributed by atoms with Gasteiger partial charge in [-0.3, -0.25) is 4.79 Å². The smallest absolute Gasteiger partial charge is 0.316 e. The van der Waals surface area contributed by atoms with Crippen LogP contribution in [0.2, 0.25) is 0 Å². The van der Waals surface area contributed by atoms with Gasteiger partial charge in [0, 0.05) is 24.0 Å². The van der Waals surface area contributed by atoms with Crippen molar-refractivity contribution in [2.45, 2.75) is 13.5 Å². The third-order valence-electron chi connectivity index (χ3n) is 4.77. The Labute approximate surface area is 184 Å². The molecule has 7 nitrogen and oxygen atoms in total. The molecule has 0 aliphatic rings. The van der Waals surface area contributed by atoms with E-state index in [1.165, 1.54) is 19.2 Å². The van der Waals surface area contributed by atoms with Crippen molar-refractivity contribution in [3.63, 3.8) is 0 Å². The number of methoxy groups -OCH3 is 1. The molecule has 0 fully saturated rings. The molecule has 0 bridgehead atoms. The quantitative estimate of drug-likeness (QED) is 0.457. The average molecular weight is 432 g/mol. The highest BCUT2D eigenvalue weighted by Crippen LogP contribution is 2.28. The molecule has 0 saturated heterocycles. The standard InChI is InChI=1S/C24H21FN4O3/c1-16-6-11-19(32-22-5-3-4-12-26-22)13-20(16)27-24-28-23(30)21(31-2)15-29(24)14-17-7-9-18(25)10-8-17/h3-13,15H,14H2,1-2H3,(H,27,28,30). The summed E-state index contributed by atoms with van der Waals surface area (Å²) in [6, 6.07) is 17.1. The summed E-state index contributed by atoms with van der Waals surface area (Å²) in [6.45, 7) is 2.29. The van der Waals surface area contributed by atoms with Crippen molar-refractivity contribution >= 4 is 11.6 Å². The van der Waals surface area contributed by atoms with Gasteiger partial charge in [0.2, 0.25) is 17.6 Å². The van der Waals surface area contributed by atoms with Gasteiger partial charge < -0.3 is 19.4 Å². The molecule has 32 heavy (non-hydrogen) atoms. The molecule has 0 radical (unpaired) electrons. The normalized spacial score (nSPS) is 10.6. The molecule has 0 saturated carbocycles. The van der Waals surface area contributed by atoms with Crippen LogP contribution >= 0.6 is 0 Å². The Morgan fingerprint density at radius 3 is 2.62 bits per heavy atom. The summed E-state index contributed by atoms with van der Waals surface area (Å²) in [5.74, 6) is 1.17. The predicted molar refractivity (Wildman–Crippen MR) is 119 cm³/mol. The number of nitrogens with zero attached hydrogens (tertiary/aromatic N) is 3. The fraction of sp³-hybridized carbons (Fsp3) is 0.125. The van der Waals surface area contributed by atoms with Crippen LogP contribution in [0.4, 0.5) is 16.0 Å². The fourth-order valence-corrected chi connectivity index (χ4v) is 3.07. The Morgan fingerprint density at radius 2 is 1.91 bits per heavy atom. The maximum atomic E-state index is 13.3. The second kappa shape index (κ2) is 9.30. The highest BCUT2D eigenvalue weighted by molar-refractivity contribution is 5.61. The van der Waals surface area contributed by atoms with E-state index in [2.05, 4.69) is 15.3 Å². The molecule has 4 aromatic rings. The highest BCUT2D eigenvalue weighted by Gasteiger charge is 2.12. The number of aryl methyl sites for hydroxylation is 1. The summed E-state index contributed by atoms with van der Waals surface area (Å²) in [7, 11) is 1.41. The monoisotopic (exact) mass is 432 g/mol. The Kier molecular flexibility index (Phi) is 6.12. The van der Waals surface area contributed by atoms with Crippen LogP contribution in [0.5, 0.6) is 17.4 Å². The van der Waals surface area contributed by atoms with Gasteiger partial charge in [-0.15, -0.1) is 0 Å². The van der Waals surface area contributed by atoms with Crippen LogP contribution in [0, 0.1) is 12.7 Å². The lowest BCUT2D eigenvalue weighted by Gasteiger charge is -2.17. The number of aromatic nitrogens is 3. The zero-order valence-corrected chi connectivity index (χ0v) is 17.6. The molecule has 4 rings (SSSR count). The average Bonchev–Trinajstić information content (AvgIpc) is 2.80. The van der Waals surface area contributed by atoms with E-state index >= 15 is 0 Å². The summed E-state index contributed by atoms with van der Waals surface area (Å²) < 4.78 is 26.0. The van der Waals surface area contributed by atoms with Crippen LogP contribution in [-0.2, 0) is 6.54 Å². The number of anilines is 2. The molecule has 1 N–H and O–H groups in total. The third kappa shape index (κ3) is 4.92. The lowest BCUT2D eigenvalue weighted by Crippen LogP contribution is -2.19. The molecule has 0 unspecified atom stereocenters. The van der Waals surface area contributed by atoms with Gasteiger partial charge in [-0.25, -0.2) is 9.37 Å². The minimum absolute atomic E-state index is 0.113. The number of ether oxygens (including phenoxy) is 2. The minimum atomic E-state index is -0.496. The molecule has 8 heteroatoms. The molecule has 2 aromatic carbocycles. The van der Waals surface area contributed by atoms with E-state index in [0.717, 1.165) is 11.1 Å². The second-order valence-electron chi connectivity index (χ2n) is 7.06. The second-order valence-corrected chi connectivity index (χ2v) is 7.06. The number of pyridine rings is 1. The number of rotatable bonds is 7. The molecular formula is C24H21FN4O3. The molecule has 0 amide bonds. The van der Waals surface area contributed by atoms with Crippen molar-refractivity contribution in [2.24, 2.45) is 0 Å². The lowest BCUT2D eigenvalue weighted by molar-refractivity contribution is 0.402. The largest absolute Gasteiger partial charge is 0.490 e. The van der Waals surface area contributed by atoms with Gasteiger partial charge in [-0.2, -0.15) is 4.98 Å². The molecule has 2 aromatic heterocycles. The number of benzene rings is 2. The van der Waals surface area contributed by atoms with Crippen LogP contribution in [0.1, 0.15) is 11.1 Å². The first-order valence-corrected chi connectivity index (χ1v) is 9.88. The predicted octanol–water partition coefficient (Wildman–Crippen LogP) is 4.68. The van der Waals surface area contributed by atoms with Gasteiger partial charge in [0.15, 0.2) is 0 Å². The van der Waals surface area contributed by atoms with Gasteiger partial charge in [0.05, 0.1) is 19.9 Å². The summed E-state index contributed by atoms with van der Waals surface area (Å²) in [5, 5.41) is 3.21. The third-order valence-corrected chi connectivity index (χ3v) is 4.77. The maximum Gasteiger partial charge on any atom is 0.316 e. The Hall–Kier alpha value is -4.20. The van der Waals surface area contributed by atoms with Gasteiger partial charge in [0.25, 0.3) is 0 Å². The fourth-order valence-electron chi connectivity index (χ4n) is 3.07.